The summed E-state index contributed by atoms with van der Waals surface area (Å²) < 4.78 is 14.2. The zero-order chi connectivity index (χ0) is 14.7. The first kappa shape index (κ1) is 14.2. The van der Waals surface area contributed by atoms with Gasteiger partial charge in [0.15, 0.2) is 11.6 Å². The van der Waals surface area contributed by atoms with Gasteiger partial charge in [-0.3, -0.25) is 9.59 Å². The Morgan fingerprint density at radius 2 is 2.25 bits per heavy atom. The molecule has 1 N–H and O–H groups in total. The summed E-state index contributed by atoms with van der Waals surface area (Å²) in [7, 11) is 1.68. The third-order valence-corrected chi connectivity index (χ3v) is 3.21. The molecule has 20 heavy (non-hydrogen) atoms. The molecule has 1 aromatic heterocycles. The number of anilines is 1. The van der Waals surface area contributed by atoms with Gasteiger partial charge in [-0.25, -0.2) is 9.37 Å². The van der Waals surface area contributed by atoms with Crippen molar-refractivity contribution in [3.63, 3.8) is 0 Å². The Morgan fingerprint density at radius 1 is 1.50 bits per heavy atom. The summed E-state index contributed by atoms with van der Waals surface area (Å²) in [5.74, 6) is -1.25. The number of pyridine rings is 1. The fourth-order valence-corrected chi connectivity index (χ4v) is 2.00. The first-order valence-corrected chi connectivity index (χ1v) is 6.46. The van der Waals surface area contributed by atoms with E-state index in [4.69, 9.17) is 0 Å². The van der Waals surface area contributed by atoms with Gasteiger partial charge in [0.05, 0.1) is 5.56 Å². The van der Waals surface area contributed by atoms with Crippen LogP contribution in [-0.4, -0.2) is 59.8 Å². The lowest BCUT2D eigenvalue weighted by Crippen LogP contribution is -2.50. The van der Waals surface area contributed by atoms with Crippen molar-refractivity contribution in [3.8, 4) is 0 Å². The smallest absolute Gasteiger partial charge is 0.257 e. The van der Waals surface area contributed by atoms with Gasteiger partial charge in [0.2, 0.25) is 5.91 Å². The van der Waals surface area contributed by atoms with Crippen molar-refractivity contribution in [1.29, 1.82) is 0 Å². The van der Waals surface area contributed by atoms with Crippen molar-refractivity contribution in [2.24, 2.45) is 0 Å². The number of amides is 2. The Labute approximate surface area is 116 Å². The van der Waals surface area contributed by atoms with Gasteiger partial charge in [0, 0.05) is 32.9 Å². The molecular weight excluding hydrogens is 263 g/mol. The first-order chi connectivity index (χ1) is 9.54. The molecule has 1 saturated heterocycles. The summed E-state index contributed by atoms with van der Waals surface area (Å²) in [4.78, 5) is 30.7. The number of carbonyl (C=O) groups excluding carboxylic acids is 2. The van der Waals surface area contributed by atoms with E-state index in [0.29, 0.717) is 19.6 Å². The number of hydrogen-bond acceptors (Lipinski definition) is 4. The molecule has 0 atom stereocenters. The molecular formula is C13H17FN4O2. The molecule has 108 valence electrons. The monoisotopic (exact) mass is 280 g/mol. The van der Waals surface area contributed by atoms with E-state index in [1.807, 2.05) is 6.92 Å². The summed E-state index contributed by atoms with van der Waals surface area (Å²) >= 11 is 0. The lowest BCUT2D eigenvalue weighted by atomic mass is 10.2. The molecule has 1 aromatic rings. The van der Waals surface area contributed by atoms with Gasteiger partial charge in [0.1, 0.15) is 6.54 Å². The molecule has 1 aliphatic rings. The minimum absolute atomic E-state index is 0.0202. The molecule has 7 heteroatoms. The van der Waals surface area contributed by atoms with Crippen molar-refractivity contribution < 1.29 is 14.0 Å². The molecule has 1 fully saturated rings. The molecule has 2 rings (SSSR count). The molecule has 6 nitrogen and oxygen atoms in total. The zero-order valence-electron chi connectivity index (χ0n) is 11.5. The Kier molecular flexibility index (Phi) is 4.16. The van der Waals surface area contributed by atoms with Gasteiger partial charge in [0.25, 0.3) is 5.91 Å². The van der Waals surface area contributed by atoms with Crippen LogP contribution in [0, 0.1) is 5.82 Å². The highest BCUT2D eigenvalue weighted by atomic mass is 19.1. The Bertz CT molecular complexity index is 535. The lowest BCUT2D eigenvalue weighted by molar-refractivity contribution is -0.133. The standard InChI is InChI=1S/C13H17FN4O2/c1-3-15-12-11(14)9(4-5-16-12)13(20)18-7-6-17(2)10(19)8-18/h4-5H,3,6-8H2,1-2H3,(H,15,16). The second-order valence-electron chi connectivity index (χ2n) is 4.59. The maximum atomic E-state index is 14.2. The minimum Gasteiger partial charge on any atom is -0.368 e. The van der Waals surface area contributed by atoms with Crippen molar-refractivity contribution in [2.45, 2.75) is 6.92 Å². The number of halogens is 1. The van der Waals surface area contributed by atoms with Crippen LogP contribution in [0.1, 0.15) is 17.3 Å². The molecule has 2 amide bonds. The molecule has 0 aliphatic carbocycles. The molecule has 0 bridgehead atoms. The van der Waals surface area contributed by atoms with Crippen LogP contribution in [0.15, 0.2) is 12.3 Å². The summed E-state index contributed by atoms with van der Waals surface area (Å²) in [6, 6.07) is 1.33. The van der Waals surface area contributed by atoms with E-state index in [-0.39, 0.29) is 23.8 Å². The van der Waals surface area contributed by atoms with Crippen LogP contribution in [0.5, 0.6) is 0 Å². The molecule has 0 aromatic carbocycles. The second kappa shape index (κ2) is 5.85. The van der Waals surface area contributed by atoms with Crippen LogP contribution in [0.3, 0.4) is 0 Å². The van der Waals surface area contributed by atoms with Gasteiger partial charge in [-0.2, -0.15) is 0 Å². The molecule has 0 spiro atoms. The topological polar surface area (TPSA) is 65.5 Å². The molecule has 2 heterocycles. The normalized spacial score (nSPS) is 15.4. The maximum absolute atomic E-state index is 14.2. The molecule has 0 saturated carbocycles. The number of nitrogens with zero attached hydrogens (tertiary/aromatic N) is 3. The summed E-state index contributed by atoms with van der Waals surface area (Å²) in [5.41, 5.74) is -0.0618. The maximum Gasteiger partial charge on any atom is 0.257 e. The first-order valence-electron chi connectivity index (χ1n) is 6.46. The molecule has 1 aliphatic heterocycles. The zero-order valence-corrected chi connectivity index (χ0v) is 11.5. The second-order valence-corrected chi connectivity index (χ2v) is 4.59. The number of piperazine rings is 1. The van der Waals surface area contributed by atoms with Crippen LogP contribution in [0.2, 0.25) is 0 Å². The molecule has 0 unspecified atom stereocenters. The van der Waals surface area contributed by atoms with Crippen molar-refractivity contribution >= 4 is 17.6 Å². The van der Waals surface area contributed by atoms with Crippen LogP contribution in [0.25, 0.3) is 0 Å². The third-order valence-electron chi connectivity index (χ3n) is 3.21. The number of nitrogens with one attached hydrogen (secondary N) is 1. The van der Waals surface area contributed by atoms with Crippen LogP contribution >= 0.6 is 0 Å². The average molecular weight is 280 g/mol. The Balaban J connectivity index is 2.21. The predicted octanol–water partition coefficient (Wildman–Crippen LogP) is 0.567. The number of hydrogen-bond donors (Lipinski definition) is 1. The van der Waals surface area contributed by atoms with Crippen LogP contribution in [-0.2, 0) is 4.79 Å². The highest BCUT2D eigenvalue weighted by Crippen LogP contribution is 2.17. The van der Waals surface area contributed by atoms with E-state index >= 15 is 0 Å². The highest BCUT2D eigenvalue weighted by molar-refractivity contribution is 5.97. The number of rotatable bonds is 3. The average Bonchev–Trinajstić information content (AvgIpc) is 2.44. The van der Waals surface area contributed by atoms with Crippen LogP contribution < -0.4 is 5.32 Å². The quantitative estimate of drug-likeness (QED) is 0.879. The van der Waals surface area contributed by atoms with Gasteiger partial charge < -0.3 is 15.1 Å². The van der Waals surface area contributed by atoms with E-state index in [1.54, 1.807) is 11.9 Å². The number of carbonyl (C=O) groups is 2. The van der Waals surface area contributed by atoms with E-state index in [9.17, 15) is 14.0 Å². The van der Waals surface area contributed by atoms with E-state index in [0.717, 1.165) is 0 Å². The molecule has 0 radical (unpaired) electrons. The summed E-state index contributed by atoms with van der Waals surface area (Å²) in [6.45, 7) is 3.16. The fourth-order valence-electron chi connectivity index (χ4n) is 2.00. The van der Waals surface area contributed by atoms with Gasteiger partial charge in [-0.05, 0) is 13.0 Å². The predicted molar refractivity (Wildman–Crippen MR) is 71.9 cm³/mol. The number of aromatic nitrogens is 1. The number of likely N-dealkylation sites (N-methyl/N-ethyl adjacent to an activating group) is 1. The van der Waals surface area contributed by atoms with Gasteiger partial charge in [-0.15, -0.1) is 0 Å². The Morgan fingerprint density at radius 3 is 2.90 bits per heavy atom. The van der Waals surface area contributed by atoms with Gasteiger partial charge >= 0.3 is 0 Å². The summed E-state index contributed by atoms with van der Waals surface area (Å²) in [5, 5.41) is 2.76. The van der Waals surface area contributed by atoms with Crippen molar-refractivity contribution in [2.75, 3.05) is 38.5 Å². The van der Waals surface area contributed by atoms with E-state index in [1.165, 1.54) is 17.2 Å². The fraction of sp³-hybridized carbons (Fsp3) is 0.462. The van der Waals surface area contributed by atoms with Crippen molar-refractivity contribution in [3.05, 3.63) is 23.6 Å². The third kappa shape index (κ3) is 2.71. The van der Waals surface area contributed by atoms with Crippen molar-refractivity contribution in [1.82, 2.24) is 14.8 Å². The van der Waals surface area contributed by atoms with E-state index in [2.05, 4.69) is 10.3 Å². The lowest BCUT2D eigenvalue weighted by Gasteiger charge is -2.32. The van der Waals surface area contributed by atoms with E-state index < -0.39 is 11.7 Å². The van der Waals surface area contributed by atoms with Crippen LogP contribution in [0.4, 0.5) is 10.2 Å². The SMILES string of the molecule is CCNc1nccc(C(=O)N2CCN(C)C(=O)C2)c1F. The minimum atomic E-state index is -0.675. The largest absolute Gasteiger partial charge is 0.368 e. The Hall–Kier alpha value is -2.18. The highest BCUT2D eigenvalue weighted by Gasteiger charge is 2.27. The summed E-state index contributed by atoms with van der Waals surface area (Å²) in [6.07, 6.45) is 1.38. The van der Waals surface area contributed by atoms with Gasteiger partial charge in [-0.1, -0.05) is 0 Å².